The van der Waals surface area contributed by atoms with Crippen LogP contribution in [0.2, 0.25) is 0 Å². The van der Waals surface area contributed by atoms with Gasteiger partial charge in [0.05, 0.1) is 14.2 Å². The van der Waals surface area contributed by atoms with Crippen molar-refractivity contribution in [1.82, 2.24) is 10.6 Å². The first-order valence-electron chi connectivity index (χ1n) is 11.3. The Morgan fingerprint density at radius 3 is 2.17 bits per heavy atom. The Kier molecular flexibility index (Phi) is 7.62. The van der Waals surface area contributed by atoms with E-state index in [1.807, 2.05) is 13.8 Å². The van der Waals surface area contributed by atoms with Gasteiger partial charge in [0.1, 0.15) is 17.5 Å². The first-order valence-corrected chi connectivity index (χ1v) is 11.3. The van der Waals surface area contributed by atoms with E-state index >= 15 is 0 Å². The zero-order valence-electron chi connectivity index (χ0n) is 18.7. The summed E-state index contributed by atoms with van der Waals surface area (Å²) in [6.07, 6.45) is 8.63. The molecule has 0 bridgehead atoms. The number of carbonyl (C=O) groups excluding carboxylic acids is 2. The van der Waals surface area contributed by atoms with Gasteiger partial charge in [-0.1, -0.05) is 39.5 Å². The number of amides is 2. The van der Waals surface area contributed by atoms with Gasteiger partial charge < -0.3 is 20.1 Å². The number of methoxy groups -OCH3 is 2. The van der Waals surface area contributed by atoms with E-state index in [4.69, 9.17) is 9.47 Å². The highest BCUT2D eigenvalue weighted by Crippen LogP contribution is 2.40. The van der Waals surface area contributed by atoms with E-state index in [9.17, 15) is 9.59 Å². The lowest BCUT2D eigenvalue weighted by Crippen LogP contribution is -2.53. The van der Waals surface area contributed by atoms with Gasteiger partial charge in [-0.2, -0.15) is 0 Å². The fraction of sp³-hybridized carbons (Fsp3) is 0.667. The summed E-state index contributed by atoms with van der Waals surface area (Å²) in [5, 5.41) is 6.15. The summed E-state index contributed by atoms with van der Waals surface area (Å²) >= 11 is 0. The summed E-state index contributed by atoms with van der Waals surface area (Å²) in [6, 6.07) is 4.64. The third kappa shape index (κ3) is 5.46. The minimum absolute atomic E-state index is 0.0209. The van der Waals surface area contributed by atoms with Gasteiger partial charge in [0.15, 0.2) is 0 Å². The van der Waals surface area contributed by atoms with Gasteiger partial charge in [0, 0.05) is 17.7 Å². The average molecular weight is 417 g/mol. The quantitative estimate of drug-likeness (QED) is 0.706. The van der Waals surface area contributed by atoms with Crippen LogP contribution in [0.25, 0.3) is 0 Å². The fourth-order valence-corrected chi connectivity index (χ4v) is 4.99. The molecular weight excluding hydrogens is 380 g/mol. The Balaban J connectivity index is 1.64. The van der Waals surface area contributed by atoms with Gasteiger partial charge >= 0.3 is 0 Å². The fourth-order valence-electron chi connectivity index (χ4n) is 4.99. The Labute approximate surface area is 180 Å². The molecule has 0 spiro atoms. The van der Waals surface area contributed by atoms with E-state index in [1.54, 1.807) is 32.4 Å². The molecule has 2 fully saturated rings. The van der Waals surface area contributed by atoms with Crippen molar-refractivity contribution in [2.24, 2.45) is 17.8 Å². The van der Waals surface area contributed by atoms with E-state index in [0.29, 0.717) is 17.1 Å². The van der Waals surface area contributed by atoms with Gasteiger partial charge in [0.25, 0.3) is 5.91 Å². The monoisotopic (exact) mass is 416 g/mol. The lowest BCUT2D eigenvalue weighted by atomic mass is 9.69. The zero-order chi connectivity index (χ0) is 21.7. The average Bonchev–Trinajstić information content (AvgIpc) is 2.76. The zero-order valence-corrected chi connectivity index (χ0v) is 18.7. The number of hydrogen-bond acceptors (Lipinski definition) is 4. The van der Waals surface area contributed by atoms with Crippen LogP contribution in [0.3, 0.4) is 0 Å². The molecule has 0 aromatic heterocycles. The van der Waals surface area contributed by atoms with Gasteiger partial charge in [-0.25, -0.2) is 0 Å². The number of fused-ring (bicyclic) bond motifs is 1. The Bertz CT molecular complexity index is 726. The second-order valence-electron chi connectivity index (χ2n) is 9.12. The SMILES string of the molecule is COc1cc(OC)cc(C(=O)N[C@H](C(=O)NC2CCC3CCCCC3C2)C(C)C)c1. The summed E-state index contributed by atoms with van der Waals surface area (Å²) < 4.78 is 10.5. The molecule has 166 valence electrons. The first kappa shape index (κ1) is 22.4. The largest absolute Gasteiger partial charge is 0.497 e. The molecule has 6 nitrogen and oxygen atoms in total. The van der Waals surface area contributed by atoms with Gasteiger partial charge in [-0.05, 0) is 49.1 Å². The highest BCUT2D eigenvalue weighted by molar-refractivity contribution is 5.98. The molecule has 2 N–H and O–H groups in total. The van der Waals surface area contributed by atoms with Crippen LogP contribution < -0.4 is 20.1 Å². The second kappa shape index (κ2) is 10.2. The van der Waals surface area contributed by atoms with Gasteiger partial charge in [-0.3, -0.25) is 9.59 Å². The van der Waals surface area contributed by atoms with E-state index in [2.05, 4.69) is 10.6 Å². The standard InChI is InChI=1S/C24H36N2O4/c1-15(2)22(26-23(27)18-12-20(29-3)14-21(13-18)30-4)24(28)25-19-10-9-16-7-5-6-8-17(16)11-19/h12-17,19,22H,5-11H2,1-4H3,(H,25,28)(H,26,27)/t16?,17?,19?,22-/m0/s1. The Hall–Kier alpha value is -2.24. The molecule has 4 atom stereocenters. The Morgan fingerprint density at radius 2 is 1.57 bits per heavy atom. The van der Waals surface area contributed by atoms with Crippen molar-refractivity contribution in [2.45, 2.75) is 70.9 Å². The highest BCUT2D eigenvalue weighted by Gasteiger charge is 2.34. The van der Waals surface area contributed by atoms with Crippen LogP contribution >= 0.6 is 0 Å². The highest BCUT2D eigenvalue weighted by atomic mass is 16.5. The molecule has 2 aliphatic rings. The van der Waals surface area contributed by atoms with Crippen LogP contribution in [0, 0.1) is 17.8 Å². The van der Waals surface area contributed by atoms with Crippen LogP contribution in [0.15, 0.2) is 18.2 Å². The van der Waals surface area contributed by atoms with Gasteiger partial charge in [-0.15, -0.1) is 0 Å². The smallest absolute Gasteiger partial charge is 0.252 e. The predicted octanol–water partition coefficient (Wildman–Crippen LogP) is 3.93. The van der Waals surface area contributed by atoms with Crippen molar-refractivity contribution in [3.05, 3.63) is 23.8 Å². The number of hydrogen-bond donors (Lipinski definition) is 2. The van der Waals surface area contributed by atoms with Crippen LogP contribution in [-0.4, -0.2) is 38.1 Å². The van der Waals surface area contributed by atoms with Crippen LogP contribution in [0.5, 0.6) is 11.5 Å². The van der Waals surface area contributed by atoms with E-state index in [1.165, 1.54) is 32.1 Å². The van der Waals surface area contributed by atoms with Gasteiger partial charge in [0.2, 0.25) is 5.91 Å². The maximum Gasteiger partial charge on any atom is 0.252 e. The van der Waals surface area contributed by atoms with Crippen molar-refractivity contribution < 1.29 is 19.1 Å². The molecule has 0 heterocycles. The van der Waals surface area contributed by atoms with Crippen molar-refractivity contribution in [3.63, 3.8) is 0 Å². The third-order valence-corrected chi connectivity index (χ3v) is 6.74. The van der Waals surface area contributed by atoms with E-state index in [-0.39, 0.29) is 23.8 Å². The molecule has 0 radical (unpaired) electrons. The minimum atomic E-state index is -0.584. The summed E-state index contributed by atoms with van der Waals surface area (Å²) in [5.74, 6) is 2.24. The molecule has 6 heteroatoms. The number of benzene rings is 1. The summed E-state index contributed by atoms with van der Waals surface area (Å²) in [7, 11) is 3.09. The molecule has 2 aliphatic carbocycles. The van der Waals surface area contributed by atoms with Crippen molar-refractivity contribution >= 4 is 11.8 Å². The molecule has 3 rings (SSSR count). The summed E-state index contributed by atoms with van der Waals surface area (Å²) in [4.78, 5) is 25.9. The molecular formula is C24H36N2O4. The normalized spacial score (nSPS) is 24.5. The molecule has 2 amide bonds. The summed E-state index contributed by atoms with van der Waals surface area (Å²) in [6.45, 7) is 3.91. The minimum Gasteiger partial charge on any atom is -0.497 e. The van der Waals surface area contributed by atoms with E-state index < -0.39 is 6.04 Å². The molecule has 30 heavy (non-hydrogen) atoms. The van der Waals surface area contributed by atoms with Crippen molar-refractivity contribution in [3.8, 4) is 11.5 Å². The van der Waals surface area contributed by atoms with Crippen molar-refractivity contribution in [1.29, 1.82) is 0 Å². The molecule has 1 aromatic rings. The lowest BCUT2D eigenvalue weighted by molar-refractivity contribution is -0.125. The molecule has 0 aliphatic heterocycles. The number of carbonyl (C=O) groups is 2. The summed E-state index contributed by atoms with van der Waals surface area (Å²) in [5.41, 5.74) is 0.410. The maximum atomic E-state index is 13.1. The van der Waals surface area contributed by atoms with Crippen LogP contribution in [-0.2, 0) is 4.79 Å². The van der Waals surface area contributed by atoms with Crippen molar-refractivity contribution in [2.75, 3.05) is 14.2 Å². The molecule has 2 saturated carbocycles. The molecule has 1 aromatic carbocycles. The van der Waals surface area contributed by atoms with Crippen LogP contribution in [0.4, 0.5) is 0 Å². The number of rotatable bonds is 7. The first-order chi connectivity index (χ1) is 14.4. The van der Waals surface area contributed by atoms with E-state index in [0.717, 1.165) is 24.7 Å². The molecule has 0 saturated heterocycles. The number of nitrogens with one attached hydrogen (secondary N) is 2. The topological polar surface area (TPSA) is 76.7 Å². The third-order valence-electron chi connectivity index (χ3n) is 6.74. The predicted molar refractivity (Wildman–Crippen MR) is 117 cm³/mol. The maximum absolute atomic E-state index is 13.1. The van der Waals surface area contributed by atoms with Crippen LogP contribution in [0.1, 0.15) is 69.2 Å². The lowest BCUT2D eigenvalue weighted by Gasteiger charge is -2.40. The second-order valence-corrected chi connectivity index (χ2v) is 9.12. The molecule has 3 unspecified atom stereocenters. The Morgan fingerprint density at radius 1 is 0.933 bits per heavy atom. The number of ether oxygens (including phenoxy) is 2.